The van der Waals surface area contributed by atoms with Crippen molar-refractivity contribution in [3.05, 3.63) is 35.6 Å². The lowest BCUT2D eigenvalue weighted by Crippen LogP contribution is -2.25. The maximum absolute atomic E-state index is 12.6. The maximum atomic E-state index is 12.6. The van der Waals surface area contributed by atoms with E-state index in [0.717, 1.165) is 5.56 Å². The van der Waals surface area contributed by atoms with Crippen molar-refractivity contribution in [1.82, 2.24) is 5.43 Å². The Hall–Kier alpha value is -1.71. The molecule has 78 valence electrons. The molecule has 0 saturated carbocycles. The van der Waals surface area contributed by atoms with E-state index in [9.17, 15) is 9.18 Å². The van der Waals surface area contributed by atoms with Crippen LogP contribution in [0.15, 0.2) is 24.3 Å². The van der Waals surface area contributed by atoms with Crippen LogP contribution in [0.3, 0.4) is 0 Å². The summed E-state index contributed by atoms with van der Waals surface area (Å²) in [5.41, 5.74) is 3.58. The minimum Gasteiger partial charge on any atom is -0.269 e. The van der Waals surface area contributed by atoms with Gasteiger partial charge < -0.3 is 0 Å². The van der Waals surface area contributed by atoms with E-state index in [-0.39, 0.29) is 17.6 Å². The molecule has 0 unspecified atom stereocenters. The van der Waals surface area contributed by atoms with E-state index in [4.69, 9.17) is 0 Å². The summed E-state index contributed by atoms with van der Waals surface area (Å²) in [6.07, 6.45) is 1.79. The van der Waals surface area contributed by atoms with E-state index < -0.39 is 0 Å². The van der Waals surface area contributed by atoms with Crippen molar-refractivity contribution in [2.24, 2.45) is 5.92 Å². The van der Waals surface area contributed by atoms with Crippen molar-refractivity contribution in [2.45, 2.75) is 6.92 Å². The number of amides is 1. The summed E-state index contributed by atoms with van der Waals surface area (Å²) < 4.78 is 14.3. The Morgan fingerprint density at radius 1 is 1.47 bits per heavy atom. The van der Waals surface area contributed by atoms with Gasteiger partial charge in [-0.3, -0.25) is 4.79 Å². The lowest BCUT2D eigenvalue weighted by atomic mass is 10.2. The van der Waals surface area contributed by atoms with Crippen LogP contribution in [0.5, 0.6) is 0 Å². The molecule has 2 rings (SSSR count). The van der Waals surface area contributed by atoms with Crippen LogP contribution in [0.2, 0.25) is 0 Å². The van der Waals surface area contributed by atoms with Crippen LogP contribution in [-0.2, 0) is 4.79 Å². The monoisotopic (exact) mass is 207 g/mol. The van der Waals surface area contributed by atoms with E-state index in [2.05, 4.69) is 5.43 Å². The van der Waals surface area contributed by atoms with Gasteiger partial charge in [-0.15, -0.1) is 10.1 Å². The first-order valence-corrected chi connectivity index (χ1v) is 4.83. The zero-order valence-electron chi connectivity index (χ0n) is 8.40. The molecule has 1 saturated heterocycles. The summed E-state index contributed by atoms with van der Waals surface area (Å²) in [5.74, 6) is -0.235. The number of rotatable bonds is 1. The lowest BCUT2D eigenvalue weighted by Gasteiger charge is -1.92. The molecule has 0 aliphatic carbocycles. The highest BCUT2D eigenvalue weighted by molar-refractivity contribution is 5.81. The number of hydrazone groups is 1. The Morgan fingerprint density at radius 3 is 2.67 bits per heavy atom. The summed E-state index contributed by atoms with van der Waals surface area (Å²) in [7, 11) is 0. The SMILES string of the molecule is C[C@@H]1C/[N+](=C\c2ccc(F)cc2)NC1=O. The van der Waals surface area contributed by atoms with Gasteiger partial charge >= 0.3 is 0 Å². The number of carbonyl (C=O) groups is 1. The number of hydrogen-bond donors (Lipinski definition) is 1. The molecule has 0 radical (unpaired) electrons. The second-order valence-corrected chi connectivity index (χ2v) is 3.71. The van der Waals surface area contributed by atoms with Gasteiger partial charge in [0, 0.05) is 5.56 Å². The summed E-state index contributed by atoms with van der Waals surface area (Å²) >= 11 is 0. The Labute approximate surface area is 87.2 Å². The van der Waals surface area contributed by atoms with Gasteiger partial charge in [-0.25, -0.2) is 4.39 Å². The van der Waals surface area contributed by atoms with Crippen molar-refractivity contribution in [2.75, 3.05) is 6.54 Å². The molecule has 1 heterocycles. The second kappa shape index (κ2) is 3.81. The molecule has 1 N–H and O–H groups in total. The van der Waals surface area contributed by atoms with Crippen LogP contribution in [0.4, 0.5) is 4.39 Å². The molecule has 0 spiro atoms. The first-order chi connectivity index (χ1) is 7.15. The fourth-order valence-electron chi connectivity index (χ4n) is 1.49. The first-order valence-electron chi connectivity index (χ1n) is 4.83. The van der Waals surface area contributed by atoms with Crippen LogP contribution in [-0.4, -0.2) is 23.4 Å². The van der Waals surface area contributed by atoms with Crippen LogP contribution in [0, 0.1) is 11.7 Å². The van der Waals surface area contributed by atoms with E-state index in [0.29, 0.717) is 6.54 Å². The lowest BCUT2D eigenvalue weighted by molar-refractivity contribution is -0.556. The number of hydrazine groups is 1. The third kappa shape index (κ3) is 2.21. The average molecular weight is 207 g/mol. The fraction of sp³-hybridized carbons (Fsp3) is 0.273. The molecule has 4 heteroatoms. The summed E-state index contributed by atoms with van der Waals surface area (Å²) in [5, 5.41) is 0. The zero-order chi connectivity index (χ0) is 10.8. The number of nitrogens with one attached hydrogen (secondary N) is 1. The van der Waals surface area contributed by atoms with Gasteiger partial charge in [0.1, 0.15) is 11.7 Å². The Morgan fingerprint density at radius 2 is 2.13 bits per heavy atom. The maximum Gasteiger partial charge on any atom is 0.283 e. The quantitative estimate of drug-likeness (QED) is 0.683. The van der Waals surface area contributed by atoms with Gasteiger partial charge in [0.15, 0.2) is 6.54 Å². The molecule has 1 aromatic carbocycles. The Bertz CT molecular complexity index is 411. The van der Waals surface area contributed by atoms with Crippen molar-refractivity contribution < 1.29 is 13.9 Å². The molecule has 1 fully saturated rings. The average Bonchev–Trinajstić information content (AvgIpc) is 2.50. The fourth-order valence-corrected chi connectivity index (χ4v) is 1.49. The summed E-state index contributed by atoms with van der Waals surface area (Å²) in [6.45, 7) is 2.52. The normalized spacial score (nSPS) is 23.2. The van der Waals surface area contributed by atoms with Crippen molar-refractivity contribution >= 4 is 12.1 Å². The molecule has 15 heavy (non-hydrogen) atoms. The third-order valence-corrected chi connectivity index (χ3v) is 2.35. The standard InChI is InChI=1S/C11H11FN2O/c1-8-6-14(13-11(8)15)7-9-2-4-10(12)5-3-9/h2-5,7-8H,6H2,1H3/p+1/b14-7+/t8-/m1/s1. The molecule has 3 nitrogen and oxygen atoms in total. The van der Waals surface area contributed by atoms with Gasteiger partial charge in [-0.1, -0.05) is 0 Å². The number of benzene rings is 1. The van der Waals surface area contributed by atoms with E-state index in [1.165, 1.54) is 12.1 Å². The molecule has 1 atom stereocenters. The van der Waals surface area contributed by atoms with E-state index in [1.807, 2.05) is 6.92 Å². The zero-order valence-corrected chi connectivity index (χ0v) is 8.40. The highest BCUT2D eigenvalue weighted by Crippen LogP contribution is 2.04. The minimum atomic E-state index is -0.258. The van der Waals surface area contributed by atoms with E-state index in [1.54, 1.807) is 23.0 Å². The van der Waals surface area contributed by atoms with Gasteiger partial charge in [-0.05, 0) is 31.2 Å². The third-order valence-electron chi connectivity index (χ3n) is 2.35. The number of nitrogens with zero attached hydrogens (tertiary/aromatic N) is 1. The highest BCUT2D eigenvalue weighted by atomic mass is 19.1. The number of hydrogen-bond acceptors (Lipinski definition) is 1. The number of halogens is 1. The molecule has 1 aromatic rings. The van der Waals surface area contributed by atoms with Crippen molar-refractivity contribution in [3.63, 3.8) is 0 Å². The second-order valence-electron chi connectivity index (χ2n) is 3.71. The first kappa shape index (κ1) is 9.83. The van der Waals surface area contributed by atoms with Crippen LogP contribution in [0.1, 0.15) is 12.5 Å². The predicted octanol–water partition coefficient (Wildman–Crippen LogP) is 0.938. The van der Waals surface area contributed by atoms with Gasteiger partial charge in [0.05, 0.1) is 0 Å². The largest absolute Gasteiger partial charge is 0.283 e. The van der Waals surface area contributed by atoms with Crippen LogP contribution >= 0.6 is 0 Å². The topological polar surface area (TPSA) is 32.1 Å². The molecular weight excluding hydrogens is 195 g/mol. The Balaban J connectivity index is 2.17. The van der Waals surface area contributed by atoms with Gasteiger partial charge in [-0.2, -0.15) is 0 Å². The van der Waals surface area contributed by atoms with E-state index >= 15 is 0 Å². The smallest absolute Gasteiger partial charge is 0.269 e. The molecule has 1 aliphatic rings. The molecular formula is C11H12FN2O+. The van der Waals surface area contributed by atoms with Crippen molar-refractivity contribution in [3.8, 4) is 0 Å². The predicted molar refractivity (Wildman–Crippen MR) is 54.0 cm³/mol. The highest BCUT2D eigenvalue weighted by Gasteiger charge is 2.29. The number of carbonyl (C=O) groups excluding carboxylic acids is 1. The molecule has 1 amide bonds. The Kier molecular flexibility index (Phi) is 2.49. The van der Waals surface area contributed by atoms with Crippen LogP contribution < -0.4 is 5.43 Å². The van der Waals surface area contributed by atoms with Gasteiger partial charge in [0.2, 0.25) is 6.21 Å². The summed E-state index contributed by atoms with van der Waals surface area (Å²) in [4.78, 5) is 11.2. The summed E-state index contributed by atoms with van der Waals surface area (Å²) in [6, 6.07) is 6.13. The van der Waals surface area contributed by atoms with Crippen molar-refractivity contribution in [1.29, 1.82) is 0 Å². The van der Waals surface area contributed by atoms with Crippen LogP contribution in [0.25, 0.3) is 0 Å². The molecule has 0 bridgehead atoms. The molecule has 1 aliphatic heterocycles. The minimum absolute atomic E-state index is 0.00157. The van der Waals surface area contributed by atoms with Gasteiger partial charge in [0.25, 0.3) is 5.91 Å². The molecule has 0 aromatic heterocycles.